The Bertz CT molecular complexity index is 711. The van der Waals surface area contributed by atoms with Gasteiger partial charge in [-0.2, -0.15) is 0 Å². The lowest BCUT2D eigenvalue weighted by Crippen LogP contribution is -2.08. The van der Waals surface area contributed by atoms with Gasteiger partial charge in [0.2, 0.25) is 5.91 Å². The first kappa shape index (κ1) is 15.9. The Morgan fingerprint density at radius 3 is 2.48 bits per heavy atom. The Labute approximate surface area is 138 Å². The molecule has 1 amide bonds. The predicted octanol–water partition coefficient (Wildman–Crippen LogP) is 5.61. The molecule has 2 rings (SSSR count). The van der Waals surface area contributed by atoms with Gasteiger partial charge < -0.3 is 5.32 Å². The molecule has 0 bridgehead atoms. The van der Waals surface area contributed by atoms with Crippen LogP contribution in [0.5, 0.6) is 0 Å². The third-order valence-corrected chi connectivity index (χ3v) is 3.63. The molecule has 5 heteroatoms. The van der Waals surface area contributed by atoms with Crippen molar-refractivity contribution in [1.29, 1.82) is 0 Å². The van der Waals surface area contributed by atoms with Gasteiger partial charge in [0, 0.05) is 16.1 Å². The van der Waals surface area contributed by atoms with E-state index in [9.17, 15) is 4.79 Å². The first-order chi connectivity index (χ1) is 9.95. The molecular formula is C16H12Cl3NO. The maximum absolute atomic E-state index is 11.9. The molecule has 0 unspecified atom stereocenters. The molecule has 0 saturated heterocycles. The van der Waals surface area contributed by atoms with Crippen LogP contribution >= 0.6 is 34.8 Å². The number of benzene rings is 2. The third-order valence-electron chi connectivity index (χ3n) is 2.76. The fourth-order valence-corrected chi connectivity index (χ4v) is 2.45. The Kier molecular flexibility index (Phi) is 5.29. The van der Waals surface area contributed by atoms with E-state index >= 15 is 0 Å². The van der Waals surface area contributed by atoms with E-state index in [1.165, 1.54) is 6.08 Å². The van der Waals surface area contributed by atoms with Crippen LogP contribution in [0.25, 0.3) is 6.08 Å². The van der Waals surface area contributed by atoms with Crippen LogP contribution < -0.4 is 5.32 Å². The summed E-state index contributed by atoms with van der Waals surface area (Å²) in [4.78, 5) is 11.9. The second-order valence-corrected chi connectivity index (χ2v) is 5.72. The van der Waals surface area contributed by atoms with Crippen molar-refractivity contribution in [3.63, 3.8) is 0 Å². The zero-order chi connectivity index (χ0) is 15.4. The van der Waals surface area contributed by atoms with Crippen molar-refractivity contribution in [2.24, 2.45) is 0 Å². The molecule has 0 saturated carbocycles. The Morgan fingerprint density at radius 1 is 1.05 bits per heavy atom. The van der Waals surface area contributed by atoms with Crippen LogP contribution in [0.3, 0.4) is 0 Å². The molecule has 108 valence electrons. The van der Waals surface area contributed by atoms with E-state index in [4.69, 9.17) is 34.8 Å². The highest BCUT2D eigenvalue weighted by molar-refractivity contribution is 6.35. The highest BCUT2D eigenvalue weighted by atomic mass is 35.5. The minimum absolute atomic E-state index is 0.285. The van der Waals surface area contributed by atoms with Crippen LogP contribution in [-0.2, 0) is 4.79 Å². The Morgan fingerprint density at radius 2 is 1.81 bits per heavy atom. The quantitative estimate of drug-likeness (QED) is 0.723. The van der Waals surface area contributed by atoms with Crippen molar-refractivity contribution in [3.05, 3.63) is 68.7 Å². The van der Waals surface area contributed by atoms with Gasteiger partial charge in [-0.25, -0.2) is 0 Å². The average molecular weight is 341 g/mol. The Hall–Kier alpha value is -1.48. The number of carbonyl (C=O) groups is 1. The van der Waals surface area contributed by atoms with Crippen LogP contribution in [0.2, 0.25) is 15.1 Å². The van der Waals surface area contributed by atoms with E-state index in [0.29, 0.717) is 26.3 Å². The number of hydrogen-bond acceptors (Lipinski definition) is 1. The van der Waals surface area contributed by atoms with Gasteiger partial charge in [0.05, 0.1) is 10.7 Å². The highest BCUT2D eigenvalue weighted by Gasteiger charge is 2.04. The number of rotatable bonds is 3. The lowest BCUT2D eigenvalue weighted by molar-refractivity contribution is -0.111. The minimum atomic E-state index is -0.285. The number of hydrogen-bond donors (Lipinski definition) is 1. The topological polar surface area (TPSA) is 29.1 Å². The fourth-order valence-electron chi connectivity index (χ4n) is 1.70. The van der Waals surface area contributed by atoms with Gasteiger partial charge in [-0.15, -0.1) is 0 Å². The summed E-state index contributed by atoms with van der Waals surface area (Å²) in [6.45, 7) is 1.93. The molecule has 2 nitrogen and oxygen atoms in total. The Balaban J connectivity index is 2.09. The summed E-state index contributed by atoms with van der Waals surface area (Å²) in [6.07, 6.45) is 3.02. The molecule has 0 heterocycles. The molecule has 21 heavy (non-hydrogen) atoms. The van der Waals surface area contributed by atoms with Crippen molar-refractivity contribution >= 4 is 52.5 Å². The van der Waals surface area contributed by atoms with Gasteiger partial charge in [0.15, 0.2) is 0 Å². The minimum Gasteiger partial charge on any atom is -0.321 e. The van der Waals surface area contributed by atoms with Crippen LogP contribution in [0.4, 0.5) is 5.69 Å². The molecule has 0 atom stereocenters. The van der Waals surface area contributed by atoms with Gasteiger partial charge >= 0.3 is 0 Å². The average Bonchev–Trinajstić information content (AvgIpc) is 2.41. The largest absolute Gasteiger partial charge is 0.321 e. The smallest absolute Gasteiger partial charge is 0.248 e. The lowest BCUT2D eigenvalue weighted by Gasteiger charge is -2.05. The molecule has 0 aliphatic carbocycles. The third kappa shape index (κ3) is 4.50. The van der Waals surface area contributed by atoms with E-state index in [2.05, 4.69) is 5.32 Å². The van der Waals surface area contributed by atoms with Crippen molar-refractivity contribution < 1.29 is 4.79 Å². The number of anilines is 1. The standard InChI is InChI=1S/C16H12Cl3NO/c1-10-2-6-15(14(19)8-10)20-16(21)7-4-11-3-5-12(17)9-13(11)18/h2-9H,1H3,(H,20,21)/b7-4+. The summed E-state index contributed by atoms with van der Waals surface area (Å²) in [6, 6.07) is 10.5. The molecule has 0 spiro atoms. The second kappa shape index (κ2) is 6.99. The van der Waals surface area contributed by atoms with Crippen LogP contribution in [0.1, 0.15) is 11.1 Å². The first-order valence-electron chi connectivity index (χ1n) is 6.16. The number of aryl methyl sites for hydroxylation is 1. The van der Waals surface area contributed by atoms with E-state index in [0.717, 1.165) is 5.56 Å². The van der Waals surface area contributed by atoms with Gasteiger partial charge in [0.25, 0.3) is 0 Å². The fraction of sp³-hybridized carbons (Fsp3) is 0.0625. The normalized spacial score (nSPS) is 10.9. The van der Waals surface area contributed by atoms with E-state index in [-0.39, 0.29) is 5.91 Å². The van der Waals surface area contributed by atoms with Crippen LogP contribution in [-0.4, -0.2) is 5.91 Å². The molecule has 1 N–H and O–H groups in total. The predicted molar refractivity (Wildman–Crippen MR) is 90.3 cm³/mol. The lowest BCUT2D eigenvalue weighted by atomic mass is 10.2. The van der Waals surface area contributed by atoms with Crippen LogP contribution in [0, 0.1) is 6.92 Å². The molecule has 0 fully saturated rings. The summed E-state index contributed by atoms with van der Waals surface area (Å²) in [7, 11) is 0. The summed E-state index contributed by atoms with van der Waals surface area (Å²) >= 11 is 17.9. The molecule has 0 aromatic heterocycles. The molecule has 2 aromatic carbocycles. The molecule has 2 aromatic rings. The maximum Gasteiger partial charge on any atom is 0.248 e. The second-order valence-electron chi connectivity index (χ2n) is 4.47. The van der Waals surface area contributed by atoms with Crippen molar-refractivity contribution in [2.75, 3.05) is 5.32 Å². The zero-order valence-corrected chi connectivity index (χ0v) is 13.4. The van der Waals surface area contributed by atoms with Crippen molar-refractivity contribution in [2.45, 2.75) is 6.92 Å². The van der Waals surface area contributed by atoms with Crippen molar-refractivity contribution in [1.82, 2.24) is 0 Å². The monoisotopic (exact) mass is 339 g/mol. The van der Waals surface area contributed by atoms with E-state index in [1.807, 2.05) is 13.0 Å². The van der Waals surface area contributed by atoms with Gasteiger partial charge in [-0.3, -0.25) is 4.79 Å². The van der Waals surface area contributed by atoms with Gasteiger partial charge in [-0.1, -0.05) is 46.9 Å². The van der Waals surface area contributed by atoms with E-state index < -0.39 is 0 Å². The van der Waals surface area contributed by atoms with Gasteiger partial charge in [-0.05, 0) is 48.4 Å². The number of amides is 1. The van der Waals surface area contributed by atoms with Gasteiger partial charge in [0.1, 0.15) is 0 Å². The summed E-state index contributed by atoms with van der Waals surface area (Å²) in [5, 5.41) is 4.25. The van der Waals surface area contributed by atoms with Crippen molar-refractivity contribution in [3.8, 4) is 0 Å². The molecular weight excluding hydrogens is 329 g/mol. The first-order valence-corrected chi connectivity index (χ1v) is 7.29. The summed E-state index contributed by atoms with van der Waals surface area (Å²) < 4.78 is 0. The number of nitrogens with one attached hydrogen (secondary N) is 1. The maximum atomic E-state index is 11.9. The summed E-state index contributed by atoms with van der Waals surface area (Å²) in [5.41, 5.74) is 2.31. The molecule has 0 aliphatic rings. The molecule has 0 aliphatic heterocycles. The highest BCUT2D eigenvalue weighted by Crippen LogP contribution is 2.24. The van der Waals surface area contributed by atoms with E-state index in [1.54, 1.807) is 36.4 Å². The summed E-state index contributed by atoms with van der Waals surface area (Å²) in [5.74, 6) is -0.285. The SMILES string of the molecule is Cc1ccc(NC(=O)/C=C/c2ccc(Cl)cc2Cl)c(Cl)c1. The number of carbonyl (C=O) groups excluding carboxylic acids is 1. The number of halogens is 3. The molecule has 0 radical (unpaired) electrons. The zero-order valence-electron chi connectivity index (χ0n) is 11.2. The van der Waals surface area contributed by atoms with Crippen LogP contribution in [0.15, 0.2) is 42.5 Å².